The van der Waals surface area contributed by atoms with Crippen LogP contribution >= 0.6 is 11.3 Å². The van der Waals surface area contributed by atoms with Gasteiger partial charge in [-0.1, -0.05) is 18.2 Å². The third-order valence-electron chi connectivity index (χ3n) is 4.35. The van der Waals surface area contributed by atoms with Gasteiger partial charge in [-0.15, -0.1) is 26.6 Å². The number of para-hydroxylation sites is 1. The SMILES string of the molecule is COc1ccccc1S(=O)(=O)NCCc1nnc2ccc(NCc3cccs3)nn12. The first-order valence-corrected chi connectivity index (χ1v) is 11.5. The second kappa shape index (κ2) is 8.78. The van der Waals surface area contributed by atoms with Gasteiger partial charge in [0.1, 0.15) is 16.5 Å². The Morgan fingerprint density at radius 3 is 2.77 bits per heavy atom. The topological polar surface area (TPSA) is 111 Å². The zero-order chi connectivity index (χ0) is 21.0. The van der Waals surface area contributed by atoms with E-state index < -0.39 is 10.0 Å². The van der Waals surface area contributed by atoms with Gasteiger partial charge in [-0.2, -0.15) is 4.52 Å². The van der Waals surface area contributed by atoms with Crippen LogP contribution in [0.5, 0.6) is 5.75 Å². The monoisotopic (exact) mass is 444 g/mol. The summed E-state index contributed by atoms with van der Waals surface area (Å²) < 4.78 is 34.5. The van der Waals surface area contributed by atoms with Crippen molar-refractivity contribution < 1.29 is 13.2 Å². The molecule has 0 radical (unpaired) electrons. The van der Waals surface area contributed by atoms with Crippen molar-refractivity contribution in [3.05, 3.63) is 64.6 Å². The maximum atomic E-state index is 12.6. The van der Waals surface area contributed by atoms with Crippen molar-refractivity contribution in [1.29, 1.82) is 0 Å². The number of hydrogen-bond acceptors (Lipinski definition) is 8. The Hall–Kier alpha value is -3.02. The van der Waals surface area contributed by atoms with E-state index in [1.54, 1.807) is 34.1 Å². The van der Waals surface area contributed by atoms with Crippen LogP contribution in [0.4, 0.5) is 5.82 Å². The minimum Gasteiger partial charge on any atom is -0.495 e. The standard InChI is InChI=1S/C19H20N6O3S2/c1-28-15-6-2-3-7-16(15)30(26,27)21-11-10-19-23-22-18-9-8-17(24-25(18)19)20-13-14-5-4-12-29-14/h2-9,12,21H,10-11,13H2,1H3,(H,20,24). The highest BCUT2D eigenvalue weighted by molar-refractivity contribution is 7.89. The molecule has 11 heteroatoms. The van der Waals surface area contributed by atoms with Gasteiger partial charge in [-0.25, -0.2) is 13.1 Å². The summed E-state index contributed by atoms with van der Waals surface area (Å²) in [4.78, 5) is 1.29. The molecule has 3 aromatic heterocycles. The van der Waals surface area contributed by atoms with Crippen molar-refractivity contribution in [2.45, 2.75) is 17.9 Å². The zero-order valence-electron chi connectivity index (χ0n) is 16.1. The van der Waals surface area contributed by atoms with Crippen molar-refractivity contribution in [3.63, 3.8) is 0 Å². The largest absolute Gasteiger partial charge is 0.495 e. The number of benzene rings is 1. The molecule has 30 heavy (non-hydrogen) atoms. The van der Waals surface area contributed by atoms with Gasteiger partial charge < -0.3 is 10.1 Å². The summed E-state index contributed by atoms with van der Waals surface area (Å²) in [6.07, 6.45) is 0.330. The van der Waals surface area contributed by atoms with Gasteiger partial charge in [0.2, 0.25) is 10.0 Å². The highest BCUT2D eigenvalue weighted by atomic mass is 32.2. The molecule has 4 rings (SSSR count). The van der Waals surface area contributed by atoms with E-state index in [0.717, 1.165) is 0 Å². The average Bonchev–Trinajstić information content (AvgIpc) is 3.42. The molecule has 0 aliphatic heterocycles. The number of sulfonamides is 1. The van der Waals surface area contributed by atoms with Crippen LogP contribution < -0.4 is 14.8 Å². The maximum Gasteiger partial charge on any atom is 0.244 e. The summed E-state index contributed by atoms with van der Waals surface area (Å²) in [5.41, 5.74) is 0.597. The molecular weight excluding hydrogens is 424 g/mol. The summed E-state index contributed by atoms with van der Waals surface area (Å²) in [5, 5.41) is 18.1. The molecule has 0 aliphatic carbocycles. The number of anilines is 1. The Bertz CT molecular complexity index is 1240. The van der Waals surface area contributed by atoms with Crippen molar-refractivity contribution >= 4 is 32.8 Å². The minimum absolute atomic E-state index is 0.0942. The number of thiophene rings is 1. The van der Waals surface area contributed by atoms with E-state index in [1.165, 1.54) is 18.1 Å². The van der Waals surface area contributed by atoms with Gasteiger partial charge in [0.25, 0.3) is 0 Å². The molecule has 0 amide bonds. The Morgan fingerprint density at radius 2 is 1.97 bits per heavy atom. The molecule has 0 saturated heterocycles. The lowest BCUT2D eigenvalue weighted by atomic mass is 10.3. The van der Waals surface area contributed by atoms with E-state index in [4.69, 9.17) is 4.74 Å². The van der Waals surface area contributed by atoms with Crippen LogP contribution in [0.15, 0.2) is 58.8 Å². The van der Waals surface area contributed by atoms with Crippen molar-refractivity contribution in [3.8, 4) is 5.75 Å². The second-order valence-electron chi connectivity index (χ2n) is 6.34. The van der Waals surface area contributed by atoms with E-state index in [0.29, 0.717) is 36.0 Å². The number of hydrogen-bond donors (Lipinski definition) is 2. The summed E-state index contributed by atoms with van der Waals surface area (Å²) in [5.74, 6) is 1.54. The molecule has 3 heterocycles. The molecule has 156 valence electrons. The van der Waals surface area contributed by atoms with Crippen LogP contribution in [0.3, 0.4) is 0 Å². The van der Waals surface area contributed by atoms with Gasteiger partial charge in [-0.05, 0) is 35.7 Å². The van der Waals surface area contributed by atoms with Crippen LogP contribution in [-0.4, -0.2) is 41.9 Å². The number of ether oxygens (including phenoxy) is 1. The number of nitrogens with one attached hydrogen (secondary N) is 2. The second-order valence-corrected chi connectivity index (χ2v) is 9.10. The third-order valence-corrected chi connectivity index (χ3v) is 6.73. The fourth-order valence-corrected chi connectivity index (χ4v) is 4.73. The Morgan fingerprint density at radius 1 is 1.10 bits per heavy atom. The number of fused-ring (bicyclic) bond motifs is 1. The Balaban J connectivity index is 1.44. The molecule has 4 aromatic rings. The Kier molecular flexibility index (Phi) is 5.93. The summed E-state index contributed by atoms with van der Waals surface area (Å²) in [7, 11) is -2.28. The highest BCUT2D eigenvalue weighted by Crippen LogP contribution is 2.22. The summed E-state index contributed by atoms with van der Waals surface area (Å²) in [6.45, 7) is 0.821. The van der Waals surface area contributed by atoms with Gasteiger partial charge in [-0.3, -0.25) is 0 Å². The smallest absolute Gasteiger partial charge is 0.244 e. The number of aromatic nitrogens is 4. The summed E-state index contributed by atoms with van der Waals surface area (Å²) in [6, 6.07) is 14.2. The molecule has 0 atom stereocenters. The molecule has 0 spiro atoms. The van der Waals surface area contributed by atoms with Crippen LogP contribution in [0.25, 0.3) is 5.65 Å². The van der Waals surface area contributed by atoms with Gasteiger partial charge in [0.05, 0.1) is 13.7 Å². The third kappa shape index (κ3) is 4.42. The molecule has 0 unspecified atom stereocenters. The summed E-state index contributed by atoms with van der Waals surface area (Å²) >= 11 is 1.67. The first-order valence-electron chi connectivity index (χ1n) is 9.17. The lowest BCUT2D eigenvalue weighted by Gasteiger charge is -2.10. The molecule has 0 fully saturated rings. The maximum absolute atomic E-state index is 12.6. The van der Waals surface area contributed by atoms with E-state index in [2.05, 4.69) is 25.3 Å². The first kappa shape index (κ1) is 20.3. The fraction of sp³-hybridized carbons (Fsp3) is 0.211. The molecule has 0 saturated carbocycles. The van der Waals surface area contributed by atoms with Gasteiger partial charge in [0, 0.05) is 17.8 Å². The van der Waals surface area contributed by atoms with Gasteiger partial charge >= 0.3 is 0 Å². The average molecular weight is 445 g/mol. The van der Waals surface area contributed by atoms with Crippen molar-refractivity contribution in [2.24, 2.45) is 0 Å². The van der Waals surface area contributed by atoms with E-state index >= 15 is 0 Å². The van der Waals surface area contributed by atoms with Crippen LogP contribution in [0.1, 0.15) is 10.7 Å². The predicted octanol–water partition coefficient (Wildman–Crippen LogP) is 2.33. The first-order chi connectivity index (χ1) is 14.6. The van der Waals surface area contributed by atoms with Crippen molar-refractivity contribution in [2.75, 3.05) is 19.0 Å². The quantitative estimate of drug-likeness (QED) is 0.408. The molecular formula is C19H20N6O3S2. The van der Waals surface area contributed by atoms with Crippen LogP contribution in [0.2, 0.25) is 0 Å². The normalized spacial score (nSPS) is 11.6. The number of methoxy groups -OCH3 is 1. The van der Waals surface area contributed by atoms with Crippen molar-refractivity contribution in [1.82, 2.24) is 24.5 Å². The van der Waals surface area contributed by atoms with E-state index in [9.17, 15) is 8.42 Å². The zero-order valence-corrected chi connectivity index (χ0v) is 17.8. The molecule has 1 aromatic carbocycles. The lowest BCUT2D eigenvalue weighted by Crippen LogP contribution is -2.27. The van der Waals surface area contributed by atoms with E-state index in [1.807, 2.05) is 29.6 Å². The number of nitrogens with zero attached hydrogens (tertiary/aromatic N) is 4. The van der Waals surface area contributed by atoms with Gasteiger partial charge in [0.15, 0.2) is 11.5 Å². The molecule has 0 aliphatic rings. The highest BCUT2D eigenvalue weighted by Gasteiger charge is 2.19. The fourth-order valence-electron chi connectivity index (χ4n) is 2.89. The molecule has 2 N–H and O–H groups in total. The van der Waals surface area contributed by atoms with Crippen LogP contribution in [0, 0.1) is 0 Å². The predicted molar refractivity (Wildman–Crippen MR) is 114 cm³/mol. The molecule has 9 nitrogen and oxygen atoms in total. The minimum atomic E-state index is -3.72. The Labute approximate surface area is 177 Å². The molecule has 0 bridgehead atoms. The lowest BCUT2D eigenvalue weighted by molar-refractivity contribution is 0.402. The van der Waals surface area contributed by atoms with E-state index in [-0.39, 0.29) is 11.4 Å². The van der Waals surface area contributed by atoms with Crippen LogP contribution in [-0.2, 0) is 23.0 Å². The number of rotatable bonds is 9.